The van der Waals surface area contributed by atoms with Crippen molar-refractivity contribution in [2.75, 3.05) is 11.4 Å². The molecule has 0 spiro atoms. The van der Waals surface area contributed by atoms with E-state index in [1.807, 2.05) is 0 Å². The molecule has 0 radical (unpaired) electrons. The number of aliphatic carboxylic acids is 1. The first kappa shape index (κ1) is 13.9. The van der Waals surface area contributed by atoms with Gasteiger partial charge >= 0.3 is 5.97 Å². The monoisotopic (exact) mass is 261 g/mol. The predicted octanol–water partition coefficient (Wildman–Crippen LogP) is 3.46. The van der Waals surface area contributed by atoms with E-state index >= 15 is 0 Å². The molecule has 1 aromatic carbocycles. The van der Waals surface area contributed by atoms with Gasteiger partial charge in [-0.05, 0) is 57.2 Å². The number of hydrogen-bond donors (Lipinski definition) is 1. The van der Waals surface area contributed by atoms with Crippen LogP contribution in [0.25, 0.3) is 0 Å². The second kappa shape index (κ2) is 5.24. The number of rotatable bonds is 3. The third kappa shape index (κ3) is 3.28. The van der Waals surface area contributed by atoms with Gasteiger partial charge in [-0.25, -0.2) is 0 Å². The van der Waals surface area contributed by atoms with E-state index in [9.17, 15) is 4.79 Å². The predicted molar refractivity (Wildman–Crippen MR) is 77.6 cm³/mol. The molecule has 0 aromatic heterocycles. The van der Waals surface area contributed by atoms with Crippen LogP contribution in [0, 0.1) is 12.8 Å². The molecule has 1 N–H and O–H groups in total. The summed E-state index contributed by atoms with van der Waals surface area (Å²) < 4.78 is 0. The van der Waals surface area contributed by atoms with Crippen LogP contribution in [0.1, 0.15) is 38.7 Å². The highest BCUT2D eigenvalue weighted by atomic mass is 16.4. The molecule has 1 atom stereocenters. The molecule has 1 aliphatic rings. The molecule has 0 bridgehead atoms. The van der Waals surface area contributed by atoms with Gasteiger partial charge in [-0.15, -0.1) is 0 Å². The Balaban J connectivity index is 2.14. The van der Waals surface area contributed by atoms with Crippen LogP contribution in [0.3, 0.4) is 0 Å². The average molecular weight is 261 g/mol. The first-order chi connectivity index (χ1) is 8.88. The summed E-state index contributed by atoms with van der Waals surface area (Å²) in [5.74, 6) is -0.377. The van der Waals surface area contributed by atoms with Crippen molar-refractivity contribution in [2.24, 2.45) is 5.92 Å². The molecule has 104 valence electrons. The number of carboxylic acids is 1. The maximum atomic E-state index is 10.9. The van der Waals surface area contributed by atoms with Gasteiger partial charge in [0.2, 0.25) is 0 Å². The van der Waals surface area contributed by atoms with Gasteiger partial charge < -0.3 is 10.0 Å². The Hall–Kier alpha value is -1.51. The summed E-state index contributed by atoms with van der Waals surface area (Å²) in [5.41, 5.74) is 2.53. The molecular weight excluding hydrogens is 238 g/mol. The van der Waals surface area contributed by atoms with Crippen molar-refractivity contribution in [1.82, 2.24) is 0 Å². The van der Waals surface area contributed by atoms with Crippen molar-refractivity contribution in [2.45, 2.75) is 45.6 Å². The number of piperidine rings is 1. The highest BCUT2D eigenvalue weighted by Crippen LogP contribution is 2.36. The van der Waals surface area contributed by atoms with Crippen LogP contribution in [-0.4, -0.2) is 23.2 Å². The van der Waals surface area contributed by atoms with Gasteiger partial charge in [0.05, 0.1) is 0 Å². The topological polar surface area (TPSA) is 40.5 Å². The fraction of sp³-hybridized carbons (Fsp3) is 0.562. The first-order valence-corrected chi connectivity index (χ1v) is 6.94. The summed E-state index contributed by atoms with van der Waals surface area (Å²) in [6.07, 6.45) is 2.20. The smallest absolute Gasteiger partial charge is 0.303 e. The van der Waals surface area contributed by atoms with E-state index in [0.717, 1.165) is 19.4 Å². The quantitative estimate of drug-likeness (QED) is 0.905. The van der Waals surface area contributed by atoms with Crippen molar-refractivity contribution in [3.05, 3.63) is 29.8 Å². The molecule has 1 aliphatic heterocycles. The van der Waals surface area contributed by atoms with E-state index in [1.165, 1.54) is 11.3 Å². The van der Waals surface area contributed by atoms with Crippen LogP contribution >= 0.6 is 0 Å². The molecule has 1 saturated heterocycles. The molecule has 2 rings (SSSR count). The van der Waals surface area contributed by atoms with E-state index in [1.54, 1.807) is 0 Å². The van der Waals surface area contributed by atoms with Gasteiger partial charge in [-0.2, -0.15) is 0 Å². The lowest BCUT2D eigenvalue weighted by molar-refractivity contribution is -0.138. The Morgan fingerprint density at radius 3 is 2.79 bits per heavy atom. The minimum absolute atomic E-state index is 0.0200. The molecule has 1 heterocycles. The largest absolute Gasteiger partial charge is 0.481 e. The number of benzene rings is 1. The summed E-state index contributed by atoms with van der Waals surface area (Å²) in [4.78, 5) is 13.3. The number of carbonyl (C=O) groups is 1. The summed E-state index contributed by atoms with van der Waals surface area (Å²) in [6.45, 7) is 7.47. The van der Waals surface area contributed by atoms with Gasteiger partial charge in [-0.1, -0.05) is 12.1 Å². The van der Waals surface area contributed by atoms with Crippen LogP contribution in [0.4, 0.5) is 5.69 Å². The number of carboxylic acid groups (broad SMARTS) is 1. The van der Waals surface area contributed by atoms with Crippen LogP contribution in [0.5, 0.6) is 0 Å². The molecule has 3 nitrogen and oxygen atoms in total. The Morgan fingerprint density at radius 1 is 1.47 bits per heavy atom. The second-order valence-electron chi connectivity index (χ2n) is 6.26. The number of anilines is 1. The molecule has 0 saturated carbocycles. The van der Waals surface area contributed by atoms with Crippen molar-refractivity contribution in [1.29, 1.82) is 0 Å². The third-order valence-electron chi connectivity index (χ3n) is 4.06. The molecular formula is C16H23NO2. The summed E-state index contributed by atoms with van der Waals surface area (Å²) >= 11 is 0. The summed E-state index contributed by atoms with van der Waals surface area (Å²) in [7, 11) is 0. The zero-order valence-electron chi connectivity index (χ0n) is 12.0. The fourth-order valence-electron chi connectivity index (χ4n) is 3.23. The van der Waals surface area contributed by atoms with E-state index in [4.69, 9.17) is 5.11 Å². The molecule has 1 unspecified atom stereocenters. The summed E-state index contributed by atoms with van der Waals surface area (Å²) in [6, 6.07) is 8.54. The normalized spacial score (nSPS) is 22.3. The number of hydrogen-bond acceptors (Lipinski definition) is 2. The average Bonchev–Trinajstić information content (AvgIpc) is 2.26. The van der Waals surface area contributed by atoms with Crippen molar-refractivity contribution < 1.29 is 9.90 Å². The van der Waals surface area contributed by atoms with Crippen molar-refractivity contribution >= 4 is 11.7 Å². The van der Waals surface area contributed by atoms with Gasteiger partial charge in [0.1, 0.15) is 0 Å². The van der Waals surface area contributed by atoms with Crippen molar-refractivity contribution in [3.8, 4) is 0 Å². The lowest BCUT2D eigenvalue weighted by Gasteiger charge is -2.47. The first-order valence-electron chi connectivity index (χ1n) is 6.94. The van der Waals surface area contributed by atoms with E-state index in [-0.39, 0.29) is 5.54 Å². The molecule has 1 aromatic rings. The van der Waals surface area contributed by atoms with Crippen LogP contribution < -0.4 is 4.90 Å². The maximum absolute atomic E-state index is 10.9. The standard InChI is InChI=1S/C16H23NO2/c1-12-5-4-6-14(9-12)17-8-7-13(10-15(18)19)11-16(17,2)3/h4-6,9,13H,7-8,10-11H2,1-3H3,(H,18,19). The van der Waals surface area contributed by atoms with Crippen LogP contribution in [0.2, 0.25) is 0 Å². The molecule has 0 amide bonds. The van der Waals surface area contributed by atoms with Crippen LogP contribution in [-0.2, 0) is 4.79 Å². The van der Waals surface area contributed by atoms with Crippen molar-refractivity contribution in [3.63, 3.8) is 0 Å². The zero-order valence-corrected chi connectivity index (χ0v) is 12.0. The van der Waals surface area contributed by atoms with E-state index in [0.29, 0.717) is 12.3 Å². The summed E-state index contributed by atoms with van der Waals surface area (Å²) in [5, 5.41) is 8.94. The molecule has 3 heteroatoms. The molecule has 19 heavy (non-hydrogen) atoms. The minimum atomic E-state index is -0.676. The Bertz CT molecular complexity index is 468. The molecule has 1 fully saturated rings. The number of nitrogens with zero attached hydrogens (tertiary/aromatic N) is 1. The zero-order chi connectivity index (χ0) is 14.0. The van der Waals surface area contributed by atoms with E-state index in [2.05, 4.69) is 49.9 Å². The van der Waals surface area contributed by atoms with Gasteiger partial charge in [0, 0.05) is 24.2 Å². The Morgan fingerprint density at radius 2 is 2.21 bits per heavy atom. The lowest BCUT2D eigenvalue weighted by Crippen LogP contribution is -2.50. The second-order valence-corrected chi connectivity index (χ2v) is 6.26. The van der Waals surface area contributed by atoms with Crippen LogP contribution in [0.15, 0.2) is 24.3 Å². The minimum Gasteiger partial charge on any atom is -0.481 e. The lowest BCUT2D eigenvalue weighted by atomic mass is 9.80. The highest BCUT2D eigenvalue weighted by Gasteiger charge is 2.35. The Labute approximate surface area is 115 Å². The fourth-order valence-corrected chi connectivity index (χ4v) is 3.23. The third-order valence-corrected chi connectivity index (χ3v) is 4.06. The number of aryl methyl sites for hydroxylation is 1. The van der Waals surface area contributed by atoms with Gasteiger partial charge in [-0.3, -0.25) is 4.79 Å². The SMILES string of the molecule is Cc1cccc(N2CCC(CC(=O)O)CC2(C)C)c1. The highest BCUT2D eigenvalue weighted by molar-refractivity contribution is 5.67. The van der Waals surface area contributed by atoms with E-state index < -0.39 is 5.97 Å². The molecule has 0 aliphatic carbocycles. The van der Waals surface area contributed by atoms with Gasteiger partial charge in [0.15, 0.2) is 0 Å². The maximum Gasteiger partial charge on any atom is 0.303 e. The van der Waals surface area contributed by atoms with Gasteiger partial charge in [0.25, 0.3) is 0 Å². The Kier molecular flexibility index (Phi) is 3.83.